The smallest absolute Gasteiger partial charge is 0.258 e. The number of rotatable bonds is 4. The van der Waals surface area contributed by atoms with Crippen molar-refractivity contribution in [2.24, 2.45) is 0 Å². The molecule has 23 heavy (non-hydrogen) atoms. The van der Waals surface area contributed by atoms with Crippen LogP contribution in [-0.2, 0) is 22.2 Å². The molecule has 9 heteroatoms. The fourth-order valence-corrected chi connectivity index (χ4v) is 4.50. The summed E-state index contributed by atoms with van der Waals surface area (Å²) in [4.78, 5) is 20.3. The second-order valence-electron chi connectivity index (χ2n) is 4.99. The molecule has 0 amide bonds. The topological polar surface area (TPSA) is 102 Å². The highest BCUT2D eigenvalue weighted by molar-refractivity contribution is 7.92. The van der Waals surface area contributed by atoms with Crippen molar-refractivity contribution in [3.05, 3.63) is 57.1 Å². The van der Waals surface area contributed by atoms with Crippen LogP contribution in [-0.4, -0.2) is 27.9 Å². The standard InChI is InChI=1S/C14H13N3O4S2/c1-9-3-2-4-17-12(19)5-10(15-13(9)17)8-23(20,21)14-16-11(6-18)7-22-14/h2-5,7,18H,6,8H2,1H3. The molecule has 0 aromatic carbocycles. The van der Waals surface area contributed by atoms with E-state index in [9.17, 15) is 13.2 Å². The molecular formula is C14H13N3O4S2. The summed E-state index contributed by atoms with van der Waals surface area (Å²) in [5.74, 6) is -0.411. The number of aliphatic hydroxyl groups is 1. The van der Waals surface area contributed by atoms with Gasteiger partial charge in [-0.05, 0) is 18.6 Å². The lowest BCUT2D eigenvalue weighted by Crippen LogP contribution is -2.18. The van der Waals surface area contributed by atoms with E-state index in [2.05, 4.69) is 9.97 Å². The Hall–Kier alpha value is -2.10. The largest absolute Gasteiger partial charge is 0.390 e. The van der Waals surface area contributed by atoms with Gasteiger partial charge in [0.05, 0.1) is 23.7 Å². The Morgan fingerprint density at radius 1 is 1.30 bits per heavy atom. The zero-order valence-electron chi connectivity index (χ0n) is 12.1. The maximum absolute atomic E-state index is 12.4. The van der Waals surface area contributed by atoms with E-state index in [1.165, 1.54) is 15.8 Å². The van der Waals surface area contributed by atoms with Gasteiger partial charge in [-0.1, -0.05) is 6.07 Å². The average molecular weight is 351 g/mol. The van der Waals surface area contributed by atoms with Gasteiger partial charge in [0.2, 0.25) is 14.2 Å². The first-order valence-corrected chi connectivity index (χ1v) is 9.20. The first-order chi connectivity index (χ1) is 10.9. The van der Waals surface area contributed by atoms with Gasteiger partial charge in [0.1, 0.15) is 5.65 Å². The highest BCUT2D eigenvalue weighted by atomic mass is 32.2. The zero-order valence-corrected chi connectivity index (χ0v) is 13.8. The lowest BCUT2D eigenvalue weighted by atomic mass is 10.3. The van der Waals surface area contributed by atoms with Gasteiger partial charge in [0.15, 0.2) is 0 Å². The van der Waals surface area contributed by atoms with Gasteiger partial charge in [-0.2, -0.15) is 0 Å². The molecule has 3 heterocycles. The van der Waals surface area contributed by atoms with Gasteiger partial charge < -0.3 is 5.11 Å². The van der Waals surface area contributed by atoms with Crippen LogP contribution in [0.25, 0.3) is 5.65 Å². The van der Waals surface area contributed by atoms with Crippen molar-refractivity contribution in [2.45, 2.75) is 23.6 Å². The second-order valence-corrected chi connectivity index (χ2v) is 8.01. The zero-order chi connectivity index (χ0) is 16.6. The Labute approximate surface area is 135 Å². The predicted octanol–water partition coefficient (Wildman–Crippen LogP) is 0.926. The summed E-state index contributed by atoms with van der Waals surface area (Å²) in [6, 6.07) is 4.74. The summed E-state index contributed by atoms with van der Waals surface area (Å²) in [5, 5.41) is 10.5. The summed E-state index contributed by atoms with van der Waals surface area (Å²) >= 11 is 0.941. The molecule has 0 saturated heterocycles. The molecule has 7 nitrogen and oxygen atoms in total. The number of nitrogens with zero attached hydrogens (tertiary/aromatic N) is 3. The van der Waals surface area contributed by atoms with Crippen molar-refractivity contribution >= 4 is 26.8 Å². The van der Waals surface area contributed by atoms with Crippen LogP contribution in [0.15, 0.2) is 38.9 Å². The average Bonchev–Trinajstić information content (AvgIpc) is 2.98. The SMILES string of the molecule is Cc1cccn2c(=O)cc(CS(=O)(=O)c3nc(CO)cs3)nc12. The third kappa shape index (κ3) is 3.03. The monoisotopic (exact) mass is 351 g/mol. The Morgan fingerprint density at radius 2 is 2.09 bits per heavy atom. The Kier molecular flexibility index (Phi) is 4.00. The fraction of sp³-hybridized carbons (Fsp3) is 0.214. The summed E-state index contributed by atoms with van der Waals surface area (Å²) in [6.45, 7) is 1.48. The molecule has 1 N–H and O–H groups in total. The van der Waals surface area contributed by atoms with Crippen molar-refractivity contribution in [3.63, 3.8) is 0 Å². The highest BCUT2D eigenvalue weighted by Gasteiger charge is 2.21. The quantitative estimate of drug-likeness (QED) is 0.750. The number of pyridine rings is 1. The van der Waals surface area contributed by atoms with Crippen molar-refractivity contribution in [1.29, 1.82) is 0 Å². The van der Waals surface area contributed by atoms with Crippen molar-refractivity contribution in [1.82, 2.24) is 14.4 Å². The van der Waals surface area contributed by atoms with Gasteiger partial charge in [-0.3, -0.25) is 9.20 Å². The number of sulfone groups is 1. The molecule has 0 radical (unpaired) electrons. The summed E-state index contributed by atoms with van der Waals surface area (Å²) in [7, 11) is -3.72. The molecule has 0 aliphatic heterocycles. The van der Waals surface area contributed by atoms with E-state index in [1.807, 2.05) is 0 Å². The van der Waals surface area contributed by atoms with Crippen molar-refractivity contribution in [3.8, 4) is 0 Å². The Morgan fingerprint density at radius 3 is 2.78 bits per heavy atom. The van der Waals surface area contributed by atoms with Crippen LogP contribution in [0.4, 0.5) is 0 Å². The number of aliphatic hydroxyl groups excluding tert-OH is 1. The lowest BCUT2D eigenvalue weighted by Gasteiger charge is -2.06. The van der Waals surface area contributed by atoms with Crippen LogP contribution < -0.4 is 5.56 Å². The van der Waals surface area contributed by atoms with Crippen molar-refractivity contribution < 1.29 is 13.5 Å². The maximum Gasteiger partial charge on any atom is 0.258 e. The molecule has 0 spiro atoms. The molecule has 3 aromatic rings. The Balaban J connectivity index is 2.04. The normalized spacial score (nSPS) is 11.9. The van der Waals surface area contributed by atoms with Gasteiger partial charge in [0.25, 0.3) is 5.56 Å². The van der Waals surface area contributed by atoms with Crippen LogP contribution in [0, 0.1) is 6.92 Å². The number of hydrogen-bond donors (Lipinski definition) is 1. The number of thiazole rings is 1. The fourth-order valence-electron chi connectivity index (χ4n) is 2.14. The van der Waals surface area contributed by atoms with Crippen LogP contribution in [0.5, 0.6) is 0 Å². The maximum atomic E-state index is 12.4. The minimum atomic E-state index is -3.72. The van der Waals surface area contributed by atoms with E-state index in [0.717, 1.165) is 16.9 Å². The number of fused-ring (bicyclic) bond motifs is 1. The van der Waals surface area contributed by atoms with Crippen LogP contribution >= 0.6 is 11.3 Å². The number of hydrogen-bond acceptors (Lipinski definition) is 7. The highest BCUT2D eigenvalue weighted by Crippen LogP contribution is 2.20. The first kappa shape index (κ1) is 15.8. The molecule has 0 atom stereocenters. The van der Waals surface area contributed by atoms with E-state index in [-0.39, 0.29) is 22.2 Å². The van der Waals surface area contributed by atoms with E-state index in [4.69, 9.17) is 5.11 Å². The van der Waals surface area contributed by atoms with Crippen molar-refractivity contribution in [2.75, 3.05) is 0 Å². The molecule has 120 valence electrons. The summed E-state index contributed by atoms with van der Waals surface area (Å²) in [5.41, 5.74) is 1.35. The van der Waals surface area contributed by atoms with E-state index < -0.39 is 15.6 Å². The molecule has 0 saturated carbocycles. The number of aryl methyl sites for hydroxylation is 1. The van der Waals surface area contributed by atoms with E-state index in [1.54, 1.807) is 25.3 Å². The van der Waals surface area contributed by atoms with E-state index in [0.29, 0.717) is 11.3 Å². The minimum absolute atomic E-state index is 0.0895. The molecule has 0 fully saturated rings. The third-order valence-corrected chi connectivity index (χ3v) is 6.27. The van der Waals surface area contributed by atoms with E-state index >= 15 is 0 Å². The first-order valence-electron chi connectivity index (χ1n) is 6.66. The van der Waals surface area contributed by atoms with Gasteiger partial charge in [-0.15, -0.1) is 11.3 Å². The van der Waals surface area contributed by atoms with Crippen LogP contribution in [0.2, 0.25) is 0 Å². The lowest BCUT2D eigenvalue weighted by molar-refractivity contribution is 0.277. The second kappa shape index (κ2) is 5.84. The minimum Gasteiger partial charge on any atom is -0.390 e. The van der Waals surface area contributed by atoms with Crippen LogP contribution in [0.3, 0.4) is 0 Å². The molecule has 0 aliphatic carbocycles. The molecular weight excluding hydrogens is 338 g/mol. The summed E-state index contributed by atoms with van der Waals surface area (Å²) < 4.78 is 26.0. The molecule has 0 unspecified atom stereocenters. The van der Waals surface area contributed by atoms with Gasteiger partial charge in [0, 0.05) is 17.6 Å². The van der Waals surface area contributed by atoms with Gasteiger partial charge in [-0.25, -0.2) is 18.4 Å². The van der Waals surface area contributed by atoms with Gasteiger partial charge >= 0.3 is 0 Å². The predicted molar refractivity (Wildman–Crippen MR) is 85.1 cm³/mol. The third-order valence-electron chi connectivity index (χ3n) is 3.24. The molecule has 0 aliphatic rings. The molecule has 3 rings (SSSR count). The Bertz CT molecular complexity index is 1040. The van der Waals surface area contributed by atoms with Crippen LogP contribution in [0.1, 0.15) is 17.0 Å². The molecule has 3 aromatic heterocycles. The summed E-state index contributed by atoms with van der Waals surface area (Å²) in [6.07, 6.45) is 1.59. The number of aromatic nitrogens is 3. The molecule has 0 bridgehead atoms.